The third-order valence-corrected chi connectivity index (χ3v) is 4.17. The number of nitrogens with one attached hydrogen (secondary N) is 1. The van der Waals surface area contributed by atoms with Gasteiger partial charge in [0, 0.05) is 0 Å². The van der Waals surface area contributed by atoms with Gasteiger partial charge in [-0.1, -0.05) is 37.8 Å². The molecule has 7 heteroatoms. The van der Waals surface area contributed by atoms with Crippen molar-refractivity contribution in [2.75, 3.05) is 12.0 Å². The smallest absolute Gasteiger partial charge is 0.416 e. The van der Waals surface area contributed by atoms with E-state index in [0.29, 0.717) is 6.61 Å². The van der Waals surface area contributed by atoms with Crippen LogP contribution < -0.4 is 10.2 Å². The third-order valence-electron chi connectivity index (χ3n) is 3.84. The number of nitrogens with zero attached hydrogens (tertiary/aromatic N) is 1. The first kappa shape index (κ1) is 21.1. The number of hydrogen-bond donors (Lipinski definition) is 1. The zero-order chi connectivity index (χ0) is 19.7. The molecule has 0 aliphatic rings. The van der Waals surface area contributed by atoms with Gasteiger partial charge in [0.2, 0.25) is 0 Å². The summed E-state index contributed by atoms with van der Waals surface area (Å²) in [6, 6.07) is 10.3. The molecule has 2 aromatic rings. The maximum Gasteiger partial charge on any atom is 0.416 e. The van der Waals surface area contributed by atoms with Gasteiger partial charge < -0.3 is 4.74 Å². The highest BCUT2D eigenvalue weighted by atomic mass is 35.5. The second-order valence-electron chi connectivity index (χ2n) is 6.04. The summed E-state index contributed by atoms with van der Waals surface area (Å²) in [6.45, 7) is 2.85. The molecule has 0 radical (unpaired) electrons. The van der Waals surface area contributed by atoms with Gasteiger partial charge in [-0.3, -0.25) is 5.43 Å². The monoisotopic (exact) mass is 398 g/mol. The molecule has 0 saturated carbocycles. The van der Waals surface area contributed by atoms with E-state index in [1.807, 2.05) is 24.3 Å². The van der Waals surface area contributed by atoms with Crippen LogP contribution in [0.1, 0.15) is 43.7 Å². The first-order valence-electron chi connectivity index (χ1n) is 8.79. The number of hydrazone groups is 1. The van der Waals surface area contributed by atoms with Gasteiger partial charge >= 0.3 is 6.18 Å². The van der Waals surface area contributed by atoms with Crippen LogP contribution in [0.25, 0.3) is 0 Å². The van der Waals surface area contributed by atoms with E-state index in [2.05, 4.69) is 17.5 Å². The van der Waals surface area contributed by atoms with Crippen molar-refractivity contribution in [2.45, 2.75) is 38.8 Å². The van der Waals surface area contributed by atoms with Crippen LogP contribution in [0, 0.1) is 0 Å². The molecule has 146 valence electrons. The average Bonchev–Trinajstić information content (AvgIpc) is 2.63. The Balaban J connectivity index is 1.89. The minimum atomic E-state index is -4.43. The normalized spacial score (nSPS) is 11.7. The van der Waals surface area contributed by atoms with Crippen LogP contribution in [0.5, 0.6) is 5.75 Å². The molecular weight excluding hydrogens is 377 g/mol. The number of anilines is 1. The van der Waals surface area contributed by atoms with Gasteiger partial charge in [-0.05, 0) is 54.4 Å². The molecule has 0 heterocycles. The zero-order valence-electron chi connectivity index (χ0n) is 15.0. The lowest BCUT2D eigenvalue weighted by Crippen LogP contribution is -2.05. The number of benzene rings is 2. The fraction of sp³-hybridized carbons (Fsp3) is 0.350. The fourth-order valence-corrected chi connectivity index (χ4v) is 2.49. The van der Waals surface area contributed by atoms with Gasteiger partial charge in [-0.15, -0.1) is 0 Å². The molecule has 0 amide bonds. The zero-order valence-corrected chi connectivity index (χ0v) is 15.8. The highest BCUT2D eigenvalue weighted by Crippen LogP contribution is 2.33. The van der Waals surface area contributed by atoms with Gasteiger partial charge in [-0.25, -0.2) is 0 Å². The molecule has 3 nitrogen and oxygen atoms in total. The third kappa shape index (κ3) is 7.13. The summed E-state index contributed by atoms with van der Waals surface area (Å²) in [5.74, 6) is 0.775. The van der Waals surface area contributed by atoms with Gasteiger partial charge in [0.25, 0.3) is 0 Å². The number of halogens is 4. The van der Waals surface area contributed by atoms with Gasteiger partial charge in [-0.2, -0.15) is 18.3 Å². The maximum absolute atomic E-state index is 12.8. The predicted molar refractivity (Wildman–Crippen MR) is 104 cm³/mol. The minimum Gasteiger partial charge on any atom is -0.494 e. The summed E-state index contributed by atoms with van der Waals surface area (Å²) in [6.07, 6.45) is 1.65. The Morgan fingerprint density at radius 3 is 2.48 bits per heavy atom. The van der Waals surface area contributed by atoms with Crippen molar-refractivity contribution >= 4 is 23.5 Å². The lowest BCUT2D eigenvalue weighted by atomic mass is 10.2. The summed E-state index contributed by atoms with van der Waals surface area (Å²) in [4.78, 5) is 0. The van der Waals surface area contributed by atoms with Crippen molar-refractivity contribution in [1.29, 1.82) is 0 Å². The number of rotatable bonds is 9. The first-order valence-corrected chi connectivity index (χ1v) is 9.16. The SMILES string of the molecule is CCCCCCOc1ccc(/C=N/Nc2cc(C(F)(F)F)ccc2Cl)cc1. The van der Waals surface area contributed by atoms with Crippen molar-refractivity contribution in [3.63, 3.8) is 0 Å². The van der Waals surface area contributed by atoms with E-state index in [1.165, 1.54) is 25.1 Å². The van der Waals surface area contributed by atoms with Crippen molar-refractivity contribution in [2.24, 2.45) is 5.10 Å². The molecule has 2 aromatic carbocycles. The molecule has 2 rings (SSSR count). The molecule has 27 heavy (non-hydrogen) atoms. The standard InChI is InChI=1S/C20H22ClF3N2O/c1-2-3-4-5-12-27-17-9-6-15(7-10-17)14-25-26-19-13-16(20(22,23)24)8-11-18(19)21/h6-11,13-14,26H,2-5,12H2,1H3/b25-14+. The molecule has 0 atom stereocenters. The molecule has 0 spiro atoms. The number of unbranched alkanes of at least 4 members (excludes halogenated alkanes) is 3. The van der Waals surface area contributed by atoms with Crippen molar-refractivity contribution in [3.8, 4) is 5.75 Å². The summed E-state index contributed by atoms with van der Waals surface area (Å²) in [5, 5.41) is 4.11. The van der Waals surface area contributed by atoms with Crippen LogP contribution in [-0.2, 0) is 6.18 Å². The maximum atomic E-state index is 12.8. The second kappa shape index (κ2) is 10.2. The van der Waals surface area contributed by atoms with Gasteiger partial charge in [0.15, 0.2) is 0 Å². The molecule has 0 aliphatic heterocycles. The van der Waals surface area contributed by atoms with E-state index in [-0.39, 0.29) is 10.7 Å². The first-order chi connectivity index (χ1) is 12.9. The van der Waals surface area contributed by atoms with Crippen LogP contribution in [0.4, 0.5) is 18.9 Å². The van der Waals surface area contributed by atoms with Crippen LogP contribution in [0.2, 0.25) is 5.02 Å². The Morgan fingerprint density at radius 1 is 1.07 bits per heavy atom. The highest BCUT2D eigenvalue weighted by molar-refractivity contribution is 6.33. The summed E-state index contributed by atoms with van der Waals surface area (Å²) < 4.78 is 43.9. The lowest BCUT2D eigenvalue weighted by molar-refractivity contribution is -0.137. The summed E-state index contributed by atoms with van der Waals surface area (Å²) in [5.41, 5.74) is 2.64. The Bertz CT molecular complexity index is 746. The topological polar surface area (TPSA) is 33.6 Å². The summed E-state index contributed by atoms with van der Waals surface area (Å²) >= 11 is 5.91. The van der Waals surface area contributed by atoms with E-state index < -0.39 is 11.7 Å². The highest BCUT2D eigenvalue weighted by Gasteiger charge is 2.30. The fourth-order valence-electron chi connectivity index (χ4n) is 2.33. The molecule has 0 bridgehead atoms. The average molecular weight is 399 g/mol. The Hall–Kier alpha value is -2.21. The Morgan fingerprint density at radius 2 is 1.81 bits per heavy atom. The molecule has 0 aromatic heterocycles. The molecule has 0 fully saturated rings. The van der Waals surface area contributed by atoms with E-state index >= 15 is 0 Å². The van der Waals surface area contributed by atoms with Crippen LogP contribution >= 0.6 is 11.6 Å². The number of alkyl halides is 3. The van der Waals surface area contributed by atoms with Gasteiger partial charge in [0.05, 0.1) is 29.1 Å². The van der Waals surface area contributed by atoms with E-state index in [1.54, 1.807) is 0 Å². The predicted octanol–water partition coefficient (Wildman–Crippen LogP) is 6.76. The molecule has 0 saturated heterocycles. The van der Waals surface area contributed by atoms with Crippen LogP contribution in [0.3, 0.4) is 0 Å². The molecule has 1 N–H and O–H groups in total. The van der Waals surface area contributed by atoms with Crippen LogP contribution in [0.15, 0.2) is 47.6 Å². The van der Waals surface area contributed by atoms with E-state index in [0.717, 1.165) is 36.3 Å². The second-order valence-corrected chi connectivity index (χ2v) is 6.45. The Labute approximate surface area is 162 Å². The number of hydrogen-bond acceptors (Lipinski definition) is 3. The lowest BCUT2D eigenvalue weighted by Gasteiger charge is -2.09. The van der Waals surface area contributed by atoms with E-state index in [9.17, 15) is 13.2 Å². The van der Waals surface area contributed by atoms with Crippen molar-refractivity contribution in [1.82, 2.24) is 0 Å². The van der Waals surface area contributed by atoms with Gasteiger partial charge in [0.1, 0.15) is 5.75 Å². The molecular formula is C20H22ClF3N2O. The van der Waals surface area contributed by atoms with Crippen molar-refractivity contribution in [3.05, 3.63) is 58.6 Å². The largest absolute Gasteiger partial charge is 0.494 e. The number of ether oxygens (including phenoxy) is 1. The van der Waals surface area contributed by atoms with Crippen LogP contribution in [-0.4, -0.2) is 12.8 Å². The quantitative estimate of drug-likeness (QED) is 0.287. The van der Waals surface area contributed by atoms with E-state index in [4.69, 9.17) is 16.3 Å². The molecule has 0 aliphatic carbocycles. The molecule has 0 unspecified atom stereocenters. The summed E-state index contributed by atoms with van der Waals surface area (Å²) in [7, 11) is 0. The Kier molecular flexibility index (Phi) is 7.98. The minimum absolute atomic E-state index is 0.0924. The van der Waals surface area contributed by atoms with Crippen molar-refractivity contribution < 1.29 is 17.9 Å².